The minimum Gasteiger partial charge on any atom is -0.320 e. The maximum Gasteiger partial charge on any atom is 0.256 e. The molecule has 0 amide bonds. The summed E-state index contributed by atoms with van der Waals surface area (Å²) in [6, 6.07) is 6.01. The molecule has 84 valence electrons. The molecular weight excluding hydrogens is 219 g/mol. The lowest BCUT2D eigenvalue weighted by Crippen LogP contribution is -2.07. The van der Waals surface area contributed by atoms with Crippen molar-refractivity contribution < 1.29 is 4.39 Å². The van der Waals surface area contributed by atoms with Gasteiger partial charge < -0.3 is 4.98 Å². The molecule has 0 saturated heterocycles. The summed E-state index contributed by atoms with van der Waals surface area (Å²) in [7, 11) is 0. The molecule has 3 nitrogen and oxygen atoms in total. The molecule has 0 saturated carbocycles. The normalized spacial score (nSPS) is 11.2. The molecule has 0 radical (unpaired) electrons. The molecule has 0 atom stereocenters. The Labute approximate surface area is 95.9 Å². The first kappa shape index (κ1) is 9.96. The van der Waals surface area contributed by atoms with Gasteiger partial charge in [0.25, 0.3) is 5.56 Å². The Hall–Kier alpha value is -2.23. The summed E-state index contributed by atoms with van der Waals surface area (Å²) < 4.78 is 13.1. The number of H-pyrrole nitrogens is 1. The number of benzene rings is 1. The Morgan fingerprint density at radius 2 is 2.06 bits per heavy atom. The van der Waals surface area contributed by atoms with Crippen LogP contribution in [0, 0.1) is 12.7 Å². The zero-order chi connectivity index (χ0) is 12.0. The number of halogens is 1. The number of aryl methyl sites for hydroxylation is 1. The number of aromatic nitrogens is 2. The molecule has 0 aliphatic carbocycles. The third-order valence-electron chi connectivity index (χ3n) is 2.75. The van der Waals surface area contributed by atoms with Crippen LogP contribution in [0.4, 0.5) is 4.39 Å². The molecule has 3 rings (SSSR count). The Morgan fingerprint density at radius 1 is 1.24 bits per heavy atom. The lowest BCUT2D eigenvalue weighted by molar-refractivity contribution is 0.629. The molecule has 0 bridgehead atoms. The molecular formula is C13H9FN2O. The molecule has 3 aromatic rings. The number of pyridine rings is 2. The highest BCUT2D eigenvalue weighted by Crippen LogP contribution is 2.20. The molecule has 0 fully saturated rings. The average Bonchev–Trinajstić information content (AvgIpc) is 2.29. The Bertz CT molecular complexity index is 792. The molecule has 1 aromatic carbocycles. The molecule has 2 heterocycles. The topological polar surface area (TPSA) is 45.8 Å². The van der Waals surface area contributed by atoms with E-state index in [1.54, 1.807) is 12.3 Å². The first-order valence-electron chi connectivity index (χ1n) is 5.23. The van der Waals surface area contributed by atoms with Gasteiger partial charge in [0.1, 0.15) is 5.82 Å². The highest BCUT2D eigenvalue weighted by molar-refractivity contribution is 6.02. The lowest BCUT2D eigenvalue weighted by Gasteiger charge is -2.03. The van der Waals surface area contributed by atoms with Crippen LogP contribution in [0.1, 0.15) is 5.56 Å². The van der Waals surface area contributed by atoms with Gasteiger partial charge in [-0.3, -0.25) is 9.78 Å². The molecule has 2 aromatic heterocycles. The molecule has 0 spiro atoms. The standard InChI is InChI=1S/C13H9FN2O/c1-7-4-11-12(15-6-7)9-3-2-8(14)5-10(9)13(17)16-11/h2-6H,1H3,(H,16,17). The first-order chi connectivity index (χ1) is 8.15. The zero-order valence-corrected chi connectivity index (χ0v) is 9.12. The smallest absolute Gasteiger partial charge is 0.256 e. The second-order valence-corrected chi connectivity index (χ2v) is 4.05. The van der Waals surface area contributed by atoms with Crippen molar-refractivity contribution in [2.24, 2.45) is 0 Å². The highest BCUT2D eigenvalue weighted by Gasteiger charge is 2.07. The van der Waals surface area contributed by atoms with Crippen molar-refractivity contribution in [2.75, 3.05) is 0 Å². The summed E-state index contributed by atoms with van der Waals surface area (Å²) in [6.07, 6.45) is 1.73. The predicted molar refractivity (Wildman–Crippen MR) is 64.6 cm³/mol. The van der Waals surface area contributed by atoms with Crippen LogP contribution in [0.2, 0.25) is 0 Å². The second-order valence-electron chi connectivity index (χ2n) is 4.05. The predicted octanol–water partition coefficient (Wildman–Crippen LogP) is 2.52. The number of fused-ring (bicyclic) bond motifs is 3. The van der Waals surface area contributed by atoms with Crippen molar-refractivity contribution in [2.45, 2.75) is 6.92 Å². The molecule has 1 N–H and O–H groups in total. The van der Waals surface area contributed by atoms with Crippen molar-refractivity contribution in [3.63, 3.8) is 0 Å². The quantitative estimate of drug-likeness (QED) is 0.601. The van der Waals surface area contributed by atoms with E-state index in [0.717, 1.165) is 5.56 Å². The average molecular weight is 228 g/mol. The van der Waals surface area contributed by atoms with Gasteiger partial charge in [-0.2, -0.15) is 0 Å². The van der Waals surface area contributed by atoms with Crippen molar-refractivity contribution in [1.82, 2.24) is 9.97 Å². The number of hydrogen-bond donors (Lipinski definition) is 1. The van der Waals surface area contributed by atoms with Gasteiger partial charge in [-0.1, -0.05) is 0 Å². The van der Waals surface area contributed by atoms with Crippen LogP contribution in [-0.2, 0) is 0 Å². The highest BCUT2D eigenvalue weighted by atomic mass is 19.1. The maximum atomic E-state index is 13.1. The lowest BCUT2D eigenvalue weighted by atomic mass is 10.1. The van der Waals surface area contributed by atoms with Crippen molar-refractivity contribution in [1.29, 1.82) is 0 Å². The zero-order valence-electron chi connectivity index (χ0n) is 9.12. The van der Waals surface area contributed by atoms with Crippen molar-refractivity contribution >= 4 is 21.8 Å². The number of rotatable bonds is 0. The van der Waals surface area contributed by atoms with Gasteiger partial charge in [-0.05, 0) is 36.8 Å². The van der Waals surface area contributed by atoms with E-state index in [4.69, 9.17) is 0 Å². The minimum atomic E-state index is -0.422. The monoisotopic (exact) mass is 228 g/mol. The van der Waals surface area contributed by atoms with Crippen LogP contribution in [0.5, 0.6) is 0 Å². The van der Waals surface area contributed by atoms with Crippen LogP contribution in [0.15, 0.2) is 35.3 Å². The van der Waals surface area contributed by atoms with E-state index in [9.17, 15) is 9.18 Å². The molecule has 17 heavy (non-hydrogen) atoms. The molecule has 0 unspecified atom stereocenters. The largest absolute Gasteiger partial charge is 0.320 e. The van der Waals surface area contributed by atoms with E-state index in [-0.39, 0.29) is 5.56 Å². The maximum absolute atomic E-state index is 13.1. The van der Waals surface area contributed by atoms with Crippen LogP contribution >= 0.6 is 0 Å². The number of hydrogen-bond acceptors (Lipinski definition) is 2. The Morgan fingerprint density at radius 3 is 2.88 bits per heavy atom. The van der Waals surface area contributed by atoms with E-state index in [2.05, 4.69) is 9.97 Å². The van der Waals surface area contributed by atoms with E-state index in [1.807, 2.05) is 13.0 Å². The van der Waals surface area contributed by atoms with Gasteiger partial charge in [-0.15, -0.1) is 0 Å². The number of nitrogens with one attached hydrogen (secondary N) is 1. The third kappa shape index (κ3) is 1.49. The summed E-state index contributed by atoms with van der Waals surface area (Å²) in [5.41, 5.74) is 2.04. The van der Waals surface area contributed by atoms with Gasteiger partial charge in [0, 0.05) is 11.6 Å². The van der Waals surface area contributed by atoms with Crippen molar-refractivity contribution in [3.8, 4) is 0 Å². The van der Waals surface area contributed by atoms with Crippen LogP contribution in [-0.4, -0.2) is 9.97 Å². The van der Waals surface area contributed by atoms with Gasteiger partial charge in [0.15, 0.2) is 0 Å². The Kier molecular flexibility index (Phi) is 1.98. The van der Waals surface area contributed by atoms with E-state index in [1.165, 1.54) is 12.1 Å². The van der Waals surface area contributed by atoms with Gasteiger partial charge >= 0.3 is 0 Å². The number of aromatic amines is 1. The fourth-order valence-electron chi connectivity index (χ4n) is 1.98. The molecule has 0 aliphatic rings. The Balaban J connectivity index is 2.60. The SMILES string of the molecule is Cc1cnc2c(c1)[nH]c(=O)c1cc(F)ccc12. The summed E-state index contributed by atoms with van der Waals surface area (Å²) in [5, 5.41) is 0.999. The third-order valence-corrected chi connectivity index (χ3v) is 2.75. The fraction of sp³-hybridized carbons (Fsp3) is 0.0769. The van der Waals surface area contributed by atoms with Gasteiger partial charge in [0.05, 0.1) is 16.4 Å². The van der Waals surface area contributed by atoms with E-state index >= 15 is 0 Å². The van der Waals surface area contributed by atoms with Crippen molar-refractivity contribution in [3.05, 3.63) is 52.2 Å². The van der Waals surface area contributed by atoms with Gasteiger partial charge in [-0.25, -0.2) is 4.39 Å². The summed E-state index contributed by atoms with van der Waals surface area (Å²) in [6.45, 7) is 1.90. The number of nitrogens with zero attached hydrogens (tertiary/aromatic N) is 1. The summed E-state index contributed by atoms with van der Waals surface area (Å²) in [5.74, 6) is -0.422. The van der Waals surface area contributed by atoms with E-state index in [0.29, 0.717) is 21.8 Å². The summed E-state index contributed by atoms with van der Waals surface area (Å²) >= 11 is 0. The van der Waals surface area contributed by atoms with Crippen LogP contribution in [0.3, 0.4) is 0 Å². The van der Waals surface area contributed by atoms with Gasteiger partial charge in [0.2, 0.25) is 0 Å². The first-order valence-corrected chi connectivity index (χ1v) is 5.23. The minimum absolute atomic E-state index is 0.292. The fourth-order valence-corrected chi connectivity index (χ4v) is 1.98. The molecule has 0 aliphatic heterocycles. The summed E-state index contributed by atoms with van der Waals surface area (Å²) in [4.78, 5) is 18.8. The molecule has 4 heteroatoms. The second kappa shape index (κ2) is 3.38. The van der Waals surface area contributed by atoms with Crippen LogP contribution < -0.4 is 5.56 Å². The van der Waals surface area contributed by atoms with E-state index < -0.39 is 5.82 Å². The van der Waals surface area contributed by atoms with Crippen LogP contribution in [0.25, 0.3) is 21.8 Å².